The van der Waals surface area contributed by atoms with Crippen molar-refractivity contribution in [3.8, 4) is 11.5 Å². The number of aryl methyl sites for hydroxylation is 1. The van der Waals surface area contributed by atoms with Gasteiger partial charge in [0.2, 0.25) is 0 Å². The standard InChI is InChI=1S/C27H38FO2P/c1-16-12-18(25(3,4)5)13-20-17(2)21-14-19(26(6,7)8)15-22(27(9,10)11)24(21)30-31(28)29-23(16)20/h12-15,17H,1-11H3. The van der Waals surface area contributed by atoms with E-state index in [9.17, 15) is 0 Å². The molecule has 0 radical (unpaired) electrons. The molecule has 2 unspecified atom stereocenters. The molecule has 0 saturated heterocycles. The van der Waals surface area contributed by atoms with E-state index in [2.05, 4.69) is 93.5 Å². The first-order valence-electron chi connectivity index (χ1n) is 11.2. The van der Waals surface area contributed by atoms with E-state index < -0.39 is 8.69 Å². The van der Waals surface area contributed by atoms with Crippen molar-refractivity contribution < 1.29 is 13.2 Å². The highest BCUT2D eigenvalue weighted by Crippen LogP contribution is 2.54. The van der Waals surface area contributed by atoms with Gasteiger partial charge in [0, 0.05) is 22.6 Å². The predicted molar refractivity (Wildman–Crippen MR) is 131 cm³/mol. The molecule has 0 aliphatic carbocycles. The van der Waals surface area contributed by atoms with Crippen LogP contribution in [0.15, 0.2) is 24.3 Å². The molecule has 0 amide bonds. The zero-order chi connectivity index (χ0) is 23.5. The van der Waals surface area contributed by atoms with Crippen molar-refractivity contribution in [2.45, 2.75) is 98.3 Å². The molecule has 1 aliphatic heterocycles. The predicted octanol–water partition coefficient (Wildman–Crippen LogP) is 9.01. The van der Waals surface area contributed by atoms with E-state index in [1.54, 1.807) is 0 Å². The maximum Gasteiger partial charge on any atom is 0.505 e. The first-order valence-corrected chi connectivity index (χ1v) is 12.2. The number of benzene rings is 2. The minimum atomic E-state index is -2.58. The highest BCUT2D eigenvalue weighted by atomic mass is 31.2. The van der Waals surface area contributed by atoms with E-state index in [0.29, 0.717) is 11.5 Å². The van der Waals surface area contributed by atoms with Crippen molar-refractivity contribution in [2.24, 2.45) is 0 Å². The summed E-state index contributed by atoms with van der Waals surface area (Å²) in [5, 5.41) is 0. The van der Waals surface area contributed by atoms with Crippen LogP contribution in [0.5, 0.6) is 11.5 Å². The van der Waals surface area contributed by atoms with E-state index in [-0.39, 0.29) is 22.2 Å². The van der Waals surface area contributed by atoms with Crippen molar-refractivity contribution in [1.82, 2.24) is 0 Å². The molecule has 0 bridgehead atoms. The molecule has 0 N–H and O–H groups in total. The Kier molecular flexibility index (Phi) is 6.02. The highest BCUT2D eigenvalue weighted by Gasteiger charge is 2.34. The lowest BCUT2D eigenvalue weighted by Crippen LogP contribution is -2.20. The summed E-state index contributed by atoms with van der Waals surface area (Å²) < 4.78 is 26.9. The van der Waals surface area contributed by atoms with E-state index >= 15 is 4.20 Å². The third-order valence-corrected chi connectivity index (χ3v) is 6.87. The third kappa shape index (κ3) is 4.77. The fraction of sp³-hybridized carbons (Fsp3) is 0.556. The van der Waals surface area contributed by atoms with Gasteiger partial charge in [0.25, 0.3) is 0 Å². The molecule has 170 valence electrons. The van der Waals surface area contributed by atoms with Gasteiger partial charge in [-0.3, -0.25) is 0 Å². The molecule has 2 nitrogen and oxygen atoms in total. The van der Waals surface area contributed by atoms with Crippen molar-refractivity contribution >= 4 is 8.69 Å². The fourth-order valence-corrected chi connectivity index (χ4v) is 4.85. The molecular formula is C27H38FO2P. The van der Waals surface area contributed by atoms with Gasteiger partial charge in [-0.05, 0) is 39.9 Å². The summed E-state index contributed by atoms with van der Waals surface area (Å²) >= 11 is 0. The topological polar surface area (TPSA) is 18.5 Å². The van der Waals surface area contributed by atoms with Crippen LogP contribution in [0.2, 0.25) is 0 Å². The van der Waals surface area contributed by atoms with E-state index in [0.717, 1.165) is 22.3 Å². The highest BCUT2D eigenvalue weighted by molar-refractivity contribution is 7.42. The molecule has 3 rings (SSSR count). The van der Waals surface area contributed by atoms with Crippen molar-refractivity contribution in [2.75, 3.05) is 0 Å². The second-order valence-electron chi connectivity index (χ2n) is 12.0. The number of fused-ring (bicyclic) bond motifs is 2. The van der Waals surface area contributed by atoms with Crippen LogP contribution >= 0.6 is 8.69 Å². The van der Waals surface area contributed by atoms with Gasteiger partial charge >= 0.3 is 8.69 Å². The monoisotopic (exact) mass is 444 g/mol. The van der Waals surface area contributed by atoms with Crippen LogP contribution in [0.1, 0.15) is 109 Å². The van der Waals surface area contributed by atoms with Crippen LogP contribution in [0.3, 0.4) is 0 Å². The van der Waals surface area contributed by atoms with Gasteiger partial charge in [-0.25, -0.2) is 0 Å². The second kappa shape index (κ2) is 7.77. The lowest BCUT2D eigenvalue weighted by atomic mass is 9.76. The summed E-state index contributed by atoms with van der Waals surface area (Å²) in [6.07, 6.45) is 0. The SMILES string of the molecule is Cc1cc(C(C)(C)C)cc2c1OP(F)Oc1c(cc(C(C)(C)C)cc1C(C)(C)C)C2C. The smallest absolute Gasteiger partial charge is 0.414 e. The molecule has 0 aromatic heterocycles. The van der Waals surface area contributed by atoms with Crippen molar-refractivity contribution in [3.05, 3.63) is 57.6 Å². The molecule has 2 aromatic carbocycles. The Hall–Kier alpha value is -1.60. The molecule has 2 atom stereocenters. The first kappa shape index (κ1) is 24.1. The summed E-state index contributed by atoms with van der Waals surface area (Å²) in [4.78, 5) is 0. The minimum Gasteiger partial charge on any atom is -0.414 e. The van der Waals surface area contributed by atoms with Crippen LogP contribution < -0.4 is 9.05 Å². The Morgan fingerprint density at radius 3 is 1.65 bits per heavy atom. The first-order chi connectivity index (χ1) is 14.0. The Labute approximate surface area is 189 Å². The molecule has 31 heavy (non-hydrogen) atoms. The maximum absolute atomic E-state index is 15.1. The zero-order valence-electron chi connectivity index (χ0n) is 21.0. The van der Waals surface area contributed by atoms with E-state index in [4.69, 9.17) is 9.05 Å². The summed E-state index contributed by atoms with van der Waals surface area (Å²) in [5.41, 5.74) is 6.30. The lowest BCUT2D eigenvalue weighted by Gasteiger charge is -2.33. The van der Waals surface area contributed by atoms with Crippen molar-refractivity contribution in [1.29, 1.82) is 0 Å². The molecule has 2 aromatic rings. The van der Waals surface area contributed by atoms with Crippen molar-refractivity contribution in [3.63, 3.8) is 0 Å². The van der Waals surface area contributed by atoms with E-state index in [1.165, 1.54) is 11.1 Å². The Balaban J connectivity index is 2.37. The largest absolute Gasteiger partial charge is 0.505 e. The summed E-state index contributed by atoms with van der Waals surface area (Å²) in [6, 6.07) is 8.72. The minimum absolute atomic E-state index is 0.00845. The summed E-state index contributed by atoms with van der Waals surface area (Å²) in [5.74, 6) is 1.28. The average Bonchev–Trinajstić information content (AvgIpc) is 2.58. The van der Waals surface area contributed by atoms with Crippen LogP contribution in [0.4, 0.5) is 4.20 Å². The van der Waals surface area contributed by atoms with Gasteiger partial charge in [0.1, 0.15) is 11.5 Å². The summed E-state index contributed by atoms with van der Waals surface area (Å²) in [7, 11) is -2.58. The van der Waals surface area contributed by atoms with Crippen LogP contribution in [-0.4, -0.2) is 0 Å². The molecule has 0 saturated carbocycles. The Morgan fingerprint density at radius 1 is 0.710 bits per heavy atom. The molecule has 1 aliphatic rings. The molecule has 0 spiro atoms. The average molecular weight is 445 g/mol. The summed E-state index contributed by atoms with van der Waals surface area (Å²) in [6.45, 7) is 23.9. The van der Waals surface area contributed by atoms with Crippen LogP contribution in [-0.2, 0) is 16.2 Å². The molecule has 1 heterocycles. The number of rotatable bonds is 0. The van der Waals surface area contributed by atoms with Gasteiger partial charge in [-0.15, -0.1) is 4.20 Å². The lowest BCUT2D eigenvalue weighted by molar-refractivity contribution is 0.412. The Bertz CT molecular complexity index is 990. The Morgan fingerprint density at radius 2 is 1.16 bits per heavy atom. The number of halogens is 1. The van der Waals surface area contributed by atoms with Gasteiger partial charge in [-0.1, -0.05) is 93.5 Å². The fourth-order valence-electron chi connectivity index (χ4n) is 4.08. The van der Waals surface area contributed by atoms with Gasteiger partial charge in [0.05, 0.1) is 0 Å². The van der Waals surface area contributed by atoms with Crippen LogP contribution in [0.25, 0.3) is 0 Å². The second-order valence-corrected chi connectivity index (χ2v) is 12.8. The number of hydrogen-bond acceptors (Lipinski definition) is 2. The van der Waals surface area contributed by atoms with Gasteiger partial charge < -0.3 is 9.05 Å². The quantitative estimate of drug-likeness (QED) is 0.377. The molecular weight excluding hydrogens is 406 g/mol. The van der Waals surface area contributed by atoms with Gasteiger partial charge in [-0.2, -0.15) is 0 Å². The third-order valence-electron chi connectivity index (χ3n) is 6.22. The van der Waals surface area contributed by atoms with E-state index in [1.807, 2.05) is 6.92 Å². The normalized spacial score (nSPS) is 19.5. The molecule has 0 fully saturated rings. The maximum atomic E-state index is 15.1. The van der Waals surface area contributed by atoms with Gasteiger partial charge in [0.15, 0.2) is 0 Å². The van der Waals surface area contributed by atoms with Crippen LogP contribution in [0, 0.1) is 6.92 Å². The molecule has 4 heteroatoms. The zero-order valence-corrected chi connectivity index (χ0v) is 21.9. The number of hydrogen-bond donors (Lipinski definition) is 0.